The molecule has 0 bridgehead atoms. The molecule has 1 fully saturated rings. The van der Waals surface area contributed by atoms with Crippen molar-refractivity contribution in [3.05, 3.63) is 29.8 Å². The van der Waals surface area contributed by atoms with Gasteiger partial charge in [0.1, 0.15) is 11.4 Å². The van der Waals surface area contributed by atoms with Crippen LogP contribution >= 0.6 is 0 Å². The van der Waals surface area contributed by atoms with Gasteiger partial charge in [-0.05, 0) is 70.3 Å². The number of nitrogens with zero attached hydrogens (tertiary/aromatic N) is 1. The van der Waals surface area contributed by atoms with E-state index in [1.807, 2.05) is 20.8 Å². The maximum atomic E-state index is 12.2. The number of carbonyl (C=O) groups excluding carboxylic acids is 1. The maximum absolute atomic E-state index is 12.2. The molecule has 2 rings (SSSR count). The van der Waals surface area contributed by atoms with Crippen LogP contribution in [-0.4, -0.2) is 54.5 Å². The van der Waals surface area contributed by atoms with Gasteiger partial charge in [-0.2, -0.15) is 8.78 Å². The molecule has 1 aromatic rings. The number of piperidine rings is 1. The molecule has 1 amide bonds. The number of alkyl carbamates (subject to hydrolysis) is 1. The van der Waals surface area contributed by atoms with Crippen molar-refractivity contribution < 1.29 is 28.2 Å². The summed E-state index contributed by atoms with van der Waals surface area (Å²) in [6.45, 7) is 5.33. The fraction of sp³-hybridized carbons (Fsp3) is 0.650. The van der Waals surface area contributed by atoms with Gasteiger partial charge in [0.25, 0.3) is 0 Å². The number of benzene rings is 1. The third-order valence-corrected chi connectivity index (χ3v) is 4.56. The average Bonchev–Trinajstić information content (AvgIpc) is 2.60. The zero-order valence-corrected chi connectivity index (χ0v) is 16.7. The lowest BCUT2D eigenvalue weighted by Gasteiger charge is -2.33. The van der Waals surface area contributed by atoms with Crippen LogP contribution in [-0.2, 0) is 4.74 Å². The van der Waals surface area contributed by atoms with E-state index in [1.165, 1.54) is 12.1 Å². The van der Waals surface area contributed by atoms with Gasteiger partial charge in [-0.15, -0.1) is 0 Å². The fourth-order valence-electron chi connectivity index (χ4n) is 3.14. The molecule has 1 saturated heterocycles. The number of halogens is 2. The van der Waals surface area contributed by atoms with Crippen LogP contribution in [0.1, 0.15) is 45.3 Å². The molecular weight excluding hydrogens is 370 g/mol. The molecule has 28 heavy (non-hydrogen) atoms. The average molecular weight is 400 g/mol. The lowest BCUT2D eigenvalue weighted by atomic mass is 9.96. The summed E-state index contributed by atoms with van der Waals surface area (Å²) in [6.07, 6.45) is 0.745. The van der Waals surface area contributed by atoms with Crippen LogP contribution in [0.5, 0.6) is 5.75 Å². The zero-order chi connectivity index (χ0) is 20.7. The number of amides is 1. The number of rotatable bonds is 7. The third kappa shape index (κ3) is 7.98. The highest BCUT2D eigenvalue weighted by Crippen LogP contribution is 2.23. The van der Waals surface area contributed by atoms with Crippen LogP contribution in [0.3, 0.4) is 0 Å². The number of hydrogen-bond acceptors (Lipinski definition) is 5. The van der Waals surface area contributed by atoms with Crippen molar-refractivity contribution >= 4 is 6.09 Å². The molecule has 1 aliphatic heterocycles. The first-order valence-electron chi connectivity index (χ1n) is 9.54. The zero-order valence-electron chi connectivity index (χ0n) is 16.7. The molecule has 1 atom stereocenters. The second kappa shape index (κ2) is 10.0. The molecule has 0 spiro atoms. The Morgan fingerprint density at radius 3 is 2.39 bits per heavy atom. The first-order chi connectivity index (χ1) is 13.1. The summed E-state index contributed by atoms with van der Waals surface area (Å²) in [4.78, 5) is 13.9. The smallest absolute Gasteiger partial charge is 0.407 e. The molecule has 0 aromatic heterocycles. The van der Waals surface area contributed by atoms with E-state index in [0.717, 1.165) is 25.9 Å². The van der Waals surface area contributed by atoms with Gasteiger partial charge in [-0.3, -0.25) is 0 Å². The quantitative estimate of drug-likeness (QED) is 0.732. The van der Waals surface area contributed by atoms with E-state index in [4.69, 9.17) is 4.74 Å². The molecule has 1 heterocycles. The Hall–Kier alpha value is -1.93. The molecule has 1 aromatic carbocycles. The van der Waals surface area contributed by atoms with Crippen molar-refractivity contribution in [2.75, 3.05) is 26.2 Å². The Balaban J connectivity index is 1.71. The van der Waals surface area contributed by atoms with Gasteiger partial charge in [0, 0.05) is 13.1 Å². The highest BCUT2D eigenvalue weighted by Gasteiger charge is 2.23. The van der Waals surface area contributed by atoms with Crippen LogP contribution in [0.2, 0.25) is 0 Å². The van der Waals surface area contributed by atoms with Crippen LogP contribution in [0, 0.1) is 5.92 Å². The van der Waals surface area contributed by atoms with Crippen LogP contribution in [0.15, 0.2) is 24.3 Å². The number of aliphatic hydroxyl groups excluding tert-OH is 1. The van der Waals surface area contributed by atoms with E-state index >= 15 is 0 Å². The van der Waals surface area contributed by atoms with Crippen molar-refractivity contribution in [2.45, 2.75) is 51.9 Å². The number of alkyl halides is 2. The predicted molar refractivity (Wildman–Crippen MR) is 101 cm³/mol. The highest BCUT2D eigenvalue weighted by molar-refractivity contribution is 5.67. The lowest BCUT2D eigenvalue weighted by molar-refractivity contribution is -0.0498. The lowest BCUT2D eigenvalue weighted by Crippen LogP contribution is -2.41. The van der Waals surface area contributed by atoms with Crippen molar-refractivity contribution in [3.8, 4) is 5.75 Å². The summed E-state index contributed by atoms with van der Waals surface area (Å²) in [7, 11) is 0. The molecule has 0 saturated carbocycles. The molecule has 2 N–H and O–H groups in total. The second-order valence-corrected chi connectivity index (χ2v) is 8.09. The minimum Gasteiger partial charge on any atom is -0.444 e. The van der Waals surface area contributed by atoms with Gasteiger partial charge >= 0.3 is 12.7 Å². The second-order valence-electron chi connectivity index (χ2n) is 8.09. The van der Waals surface area contributed by atoms with Crippen molar-refractivity contribution in [1.82, 2.24) is 10.2 Å². The van der Waals surface area contributed by atoms with Crippen molar-refractivity contribution in [3.63, 3.8) is 0 Å². The van der Waals surface area contributed by atoms with E-state index in [1.54, 1.807) is 12.1 Å². The van der Waals surface area contributed by atoms with Gasteiger partial charge in [0.2, 0.25) is 0 Å². The molecule has 1 unspecified atom stereocenters. The van der Waals surface area contributed by atoms with Crippen molar-refractivity contribution in [2.24, 2.45) is 5.92 Å². The van der Waals surface area contributed by atoms with Crippen molar-refractivity contribution in [1.29, 1.82) is 0 Å². The number of nitrogens with one attached hydrogen (secondary N) is 1. The highest BCUT2D eigenvalue weighted by atomic mass is 19.3. The van der Waals surface area contributed by atoms with E-state index < -0.39 is 24.4 Å². The van der Waals surface area contributed by atoms with E-state index in [2.05, 4.69) is 15.0 Å². The first kappa shape index (κ1) is 22.4. The summed E-state index contributed by atoms with van der Waals surface area (Å²) >= 11 is 0. The monoisotopic (exact) mass is 400 g/mol. The van der Waals surface area contributed by atoms with E-state index in [9.17, 15) is 18.7 Å². The summed E-state index contributed by atoms with van der Waals surface area (Å²) in [5, 5.41) is 13.2. The predicted octanol–water partition coefficient (Wildman–Crippen LogP) is 3.56. The number of likely N-dealkylation sites (tertiary alicyclic amines) is 1. The Bertz CT molecular complexity index is 612. The van der Waals surface area contributed by atoms with Gasteiger partial charge in [-0.1, -0.05) is 12.1 Å². The van der Waals surface area contributed by atoms with E-state index in [0.29, 0.717) is 24.6 Å². The fourth-order valence-corrected chi connectivity index (χ4v) is 3.14. The molecule has 1 aliphatic rings. The largest absolute Gasteiger partial charge is 0.444 e. The van der Waals surface area contributed by atoms with Gasteiger partial charge in [0.05, 0.1) is 6.10 Å². The topological polar surface area (TPSA) is 71.0 Å². The molecule has 0 aliphatic carbocycles. The van der Waals surface area contributed by atoms with E-state index in [-0.39, 0.29) is 5.75 Å². The first-order valence-corrected chi connectivity index (χ1v) is 9.54. The van der Waals surface area contributed by atoms with Gasteiger partial charge in [0.15, 0.2) is 0 Å². The molecule has 158 valence electrons. The third-order valence-electron chi connectivity index (χ3n) is 4.56. The summed E-state index contributed by atoms with van der Waals surface area (Å²) in [5.41, 5.74) is 0.156. The Morgan fingerprint density at radius 2 is 1.86 bits per heavy atom. The number of carbonyl (C=O) groups is 1. The van der Waals surface area contributed by atoms with Crippen LogP contribution in [0.25, 0.3) is 0 Å². The van der Waals surface area contributed by atoms with Crippen LogP contribution < -0.4 is 10.1 Å². The van der Waals surface area contributed by atoms with Crippen LogP contribution in [0.4, 0.5) is 13.6 Å². The Morgan fingerprint density at radius 1 is 1.25 bits per heavy atom. The number of hydrogen-bond donors (Lipinski definition) is 2. The summed E-state index contributed by atoms with van der Waals surface area (Å²) < 4.78 is 33.9. The summed E-state index contributed by atoms with van der Waals surface area (Å²) in [5.74, 6) is 0.455. The molecule has 8 heteroatoms. The normalized spacial score (nSPS) is 17.4. The summed E-state index contributed by atoms with van der Waals surface area (Å²) in [6, 6.07) is 6.05. The number of β-amino-alcohol motifs (C(OH)–C–C–N with tert-alkyl or cyclic N) is 1. The SMILES string of the molecule is CC(C)(C)OC(=O)NCC1CCN(CC(O)c2ccc(OC(F)F)cc2)CC1. The Kier molecular flexibility index (Phi) is 8.00. The Labute approximate surface area is 164 Å². The number of aliphatic hydroxyl groups is 1. The molecule has 6 nitrogen and oxygen atoms in total. The molecular formula is C20H30F2N2O4. The molecule has 0 radical (unpaired) electrons. The standard InChI is InChI=1S/C20H30F2N2O4/c1-20(2,3)28-19(26)23-12-14-8-10-24(11-9-14)13-17(25)15-4-6-16(7-5-15)27-18(21)22/h4-7,14,17-18,25H,8-13H2,1-3H3,(H,23,26). The van der Waals surface area contributed by atoms with Gasteiger partial charge in [-0.25, -0.2) is 4.79 Å². The minimum atomic E-state index is -2.86. The van der Waals surface area contributed by atoms with Gasteiger partial charge < -0.3 is 24.8 Å². The number of ether oxygens (including phenoxy) is 2. The minimum absolute atomic E-state index is 0.0734. The maximum Gasteiger partial charge on any atom is 0.407 e.